The van der Waals surface area contributed by atoms with Gasteiger partial charge in [-0.15, -0.1) is 11.3 Å². The van der Waals surface area contributed by atoms with Crippen LogP contribution in [-0.4, -0.2) is 11.6 Å². The van der Waals surface area contributed by atoms with Gasteiger partial charge in [-0.1, -0.05) is 15.9 Å². The van der Waals surface area contributed by atoms with E-state index in [1.165, 1.54) is 4.88 Å². The summed E-state index contributed by atoms with van der Waals surface area (Å²) < 4.78 is 0. The molecule has 0 spiro atoms. The van der Waals surface area contributed by atoms with Gasteiger partial charge >= 0.3 is 0 Å². The van der Waals surface area contributed by atoms with E-state index in [0.29, 0.717) is 0 Å². The van der Waals surface area contributed by atoms with Gasteiger partial charge in [0.15, 0.2) is 0 Å². The highest BCUT2D eigenvalue weighted by Crippen LogP contribution is 2.24. The fourth-order valence-electron chi connectivity index (χ4n) is 0.832. The van der Waals surface area contributed by atoms with Crippen LogP contribution in [-0.2, 0) is 4.79 Å². The number of halogens is 1. The largest absolute Gasteiger partial charge is 0.303 e. The lowest BCUT2D eigenvalue weighted by molar-refractivity contribution is -0.108. The maximum Gasteiger partial charge on any atom is 0.129 e. The molecule has 1 rings (SSSR count). The van der Waals surface area contributed by atoms with Crippen molar-refractivity contribution in [2.75, 3.05) is 5.33 Å². The molecule has 0 saturated heterocycles. The van der Waals surface area contributed by atoms with Gasteiger partial charge in [0.25, 0.3) is 0 Å². The highest BCUT2D eigenvalue weighted by atomic mass is 79.9. The summed E-state index contributed by atoms with van der Waals surface area (Å²) in [6, 6.07) is 4.06. The van der Waals surface area contributed by atoms with Crippen LogP contribution in [0, 0.1) is 6.92 Å². The van der Waals surface area contributed by atoms with Crippen molar-refractivity contribution in [1.82, 2.24) is 0 Å². The molecule has 0 aromatic carbocycles. The van der Waals surface area contributed by atoms with Gasteiger partial charge in [-0.2, -0.15) is 0 Å². The average molecular weight is 233 g/mol. The van der Waals surface area contributed by atoms with Gasteiger partial charge in [0.1, 0.15) is 6.29 Å². The molecule has 3 heteroatoms. The predicted molar refractivity (Wildman–Crippen MR) is 51.7 cm³/mol. The van der Waals surface area contributed by atoms with E-state index in [9.17, 15) is 4.79 Å². The fourth-order valence-corrected chi connectivity index (χ4v) is 2.48. The first-order valence-corrected chi connectivity index (χ1v) is 5.29. The van der Waals surface area contributed by atoms with E-state index in [2.05, 4.69) is 15.9 Å². The van der Waals surface area contributed by atoms with E-state index < -0.39 is 0 Å². The molecule has 0 saturated carbocycles. The second-order valence-electron chi connectivity index (χ2n) is 2.35. The van der Waals surface area contributed by atoms with Gasteiger partial charge in [0.05, 0.1) is 5.92 Å². The van der Waals surface area contributed by atoms with Crippen molar-refractivity contribution >= 4 is 33.6 Å². The number of hydrogen-bond acceptors (Lipinski definition) is 2. The Bertz CT molecular complexity index is 244. The molecule has 0 radical (unpaired) electrons. The predicted octanol–water partition coefficient (Wildman–Crippen LogP) is 2.73. The lowest BCUT2D eigenvalue weighted by Crippen LogP contribution is -1.97. The molecule has 0 aliphatic carbocycles. The van der Waals surface area contributed by atoms with Crippen LogP contribution in [0.15, 0.2) is 12.1 Å². The Hall–Kier alpha value is -0.150. The zero-order valence-corrected chi connectivity index (χ0v) is 8.61. The van der Waals surface area contributed by atoms with E-state index in [4.69, 9.17) is 0 Å². The number of aldehydes is 1. The standard InChI is InChI=1S/C8H9BrOS/c1-6-2-3-8(11-6)7(4-9)5-10/h2-3,5,7H,4H2,1H3. The molecule has 1 heterocycles. The van der Waals surface area contributed by atoms with Gasteiger partial charge in [0, 0.05) is 15.1 Å². The Morgan fingerprint density at radius 2 is 2.45 bits per heavy atom. The molecule has 0 amide bonds. The van der Waals surface area contributed by atoms with Gasteiger partial charge < -0.3 is 4.79 Å². The number of thiophene rings is 1. The molecule has 1 unspecified atom stereocenters. The molecule has 1 aromatic heterocycles. The molecule has 1 aromatic rings. The summed E-state index contributed by atoms with van der Waals surface area (Å²) in [5, 5.41) is 0.719. The maximum absolute atomic E-state index is 10.5. The quantitative estimate of drug-likeness (QED) is 0.579. The number of alkyl halides is 1. The SMILES string of the molecule is Cc1ccc(C(C=O)CBr)s1. The monoisotopic (exact) mass is 232 g/mol. The van der Waals surface area contributed by atoms with Crippen LogP contribution in [0.5, 0.6) is 0 Å². The molecular formula is C8H9BrOS. The molecule has 0 aliphatic rings. The molecule has 0 bridgehead atoms. The van der Waals surface area contributed by atoms with Crippen molar-refractivity contribution in [3.05, 3.63) is 21.9 Å². The van der Waals surface area contributed by atoms with E-state index in [0.717, 1.165) is 16.5 Å². The summed E-state index contributed by atoms with van der Waals surface area (Å²) in [6.45, 7) is 2.05. The first-order valence-electron chi connectivity index (χ1n) is 3.35. The average Bonchev–Trinajstić information content (AvgIpc) is 2.39. The van der Waals surface area contributed by atoms with Crippen LogP contribution in [0.3, 0.4) is 0 Å². The Morgan fingerprint density at radius 3 is 2.82 bits per heavy atom. The third kappa shape index (κ3) is 2.14. The molecule has 0 aliphatic heterocycles. The van der Waals surface area contributed by atoms with E-state index in [-0.39, 0.29) is 5.92 Å². The Labute approximate surface area is 78.6 Å². The van der Waals surface area contributed by atoms with Crippen LogP contribution >= 0.6 is 27.3 Å². The lowest BCUT2D eigenvalue weighted by Gasteiger charge is -2.00. The van der Waals surface area contributed by atoms with Gasteiger partial charge in [-0.05, 0) is 19.1 Å². The first-order chi connectivity index (χ1) is 5.27. The van der Waals surface area contributed by atoms with Gasteiger partial charge in [0.2, 0.25) is 0 Å². The molecule has 1 nitrogen and oxygen atoms in total. The number of carbonyl (C=O) groups excluding carboxylic acids is 1. The van der Waals surface area contributed by atoms with Gasteiger partial charge in [-0.3, -0.25) is 0 Å². The molecular weight excluding hydrogens is 224 g/mol. The zero-order chi connectivity index (χ0) is 8.27. The minimum atomic E-state index is 0.0358. The first kappa shape index (κ1) is 8.94. The minimum absolute atomic E-state index is 0.0358. The summed E-state index contributed by atoms with van der Waals surface area (Å²) in [5.74, 6) is 0.0358. The Kier molecular flexibility index (Phi) is 3.27. The fraction of sp³-hybridized carbons (Fsp3) is 0.375. The number of aryl methyl sites for hydroxylation is 1. The second-order valence-corrected chi connectivity index (χ2v) is 4.31. The van der Waals surface area contributed by atoms with Crippen LogP contribution in [0.1, 0.15) is 15.7 Å². The second kappa shape index (κ2) is 4.02. The summed E-state index contributed by atoms with van der Waals surface area (Å²) in [6.07, 6.45) is 0.986. The highest BCUT2D eigenvalue weighted by molar-refractivity contribution is 9.09. The number of carbonyl (C=O) groups is 1. The summed E-state index contributed by atoms with van der Waals surface area (Å²) >= 11 is 4.98. The van der Waals surface area contributed by atoms with Crippen molar-refractivity contribution in [1.29, 1.82) is 0 Å². The maximum atomic E-state index is 10.5. The number of hydrogen-bond donors (Lipinski definition) is 0. The smallest absolute Gasteiger partial charge is 0.129 e. The Balaban J connectivity index is 2.81. The van der Waals surface area contributed by atoms with Crippen molar-refractivity contribution in [3.8, 4) is 0 Å². The molecule has 60 valence electrons. The molecule has 11 heavy (non-hydrogen) atoms. The van der Waals surface area contributed by atoms with E-state index in [1.807, 2.05) is 19.1 Å². The van der Waals surface area contributed by atoms with Gasteiger partial charge in [-0.25, -0.2) is 0 Å². The van der Waals surface area contributed by atoms with E-state index >= 15 is 0 Å². The topological polar surface area (TPSA) is 17.1 Å². The van der Waals surface area contributed by atoms with Crippen molar-refractivity contribution in [3.63, 3.8) is 0 Å². The molecule has 1 atom stereocenters. The molecule has 0 fully saturated rings. The van der Waals surface area contributed by atoms with Crippen LogP contribution in [0.25, 0.3) is 0 Å². The third-order valence-corrected chi connectivity index (χ3v) is 3.29. The van der Waals surface area contributed by atoms with Crippen LogP contribution in [0.2, 0.25) is 0 Å². The van der Waals surface area contributed by atoms with Crippen LogP contribution < -0.4 is 0 Å². The molecule has 0 N–H and O–H groups in total. The summed E-state index contributed by atoms with van der Waals surface area (Å²) in [5.41, 5.74) is 0. The zero-order valence-electron chi connectivity index (χ0n) is 6.21. The van der Waals surface area contributed by atoms with E-state index in [1.54, 1.807) is 11.3 Å². The van der Waals surface area contributed by atoms with Crippen molar-refractivity contribution < 1.29 is 4.79 Å². The highest BCUT2D eigenvalue weighted by Gasteiger charge is 2.09. The van der Waals surface area contributed by atoms with Crippen molar-refractivity contribution in [2.45, 2.75) is 12.8 Å². The normalized spacial score (nSPS) is 12.9. The minimum Gasteiger partial charge on any atom is -0.303 e. The Morgan fingerprint density at radius 1 is 1.73 bits per heavy atom. The third-order valence-electron chi connectivity index (χ3n) is 1.46. The summed E-state index contributed by atoms with van der Waals surface area (Å²) in [4.78, 5) is 12.9. The summed E-state index contributed by atoms with van der Waals surface area (Å²) in [7, 11) is 0. The van der Waals surface area contributed by atoms with Crippen LogP contribution in [0.4, 0.5) is 0 Å². The van der Waals surface area contributed by atoms with Crippen molar-refractivity contribution in [2.24, 2.45) is 0 Å². The lowest BCUT2D eigenvalue weighted by atomic mass is 10.2. The number of rotatable bonds is 3.